The van der Waals surface area contributed by atoms with Crippen LogP contribution in [0.4, 0.5) is 4.79 Å². The second-order valence-electron chi connectivity index (χ2n) is 6.54. The largest absolute Gasteiger partial charge is 0.348 e. The molecule has 1 aromatic carbocycles. The molecule has 0 radical (unpaired) electrons. The zero-order valence-electron chi connectivity index (χ0n) is 13.9. The lowest BCUT2D eigenvalue weighted by Gasteiger charge is -2.40. The van der Waals surface area contributed by atoms with Crippen molar-refractivity contribution < 1.29 is 14.4 Å². The van der Waals surface area contributed by atoms with Gasteiger partial charge in [-0.1, -0.05) is 24.6 Å². The third-order valence-electron chi connectivity index (χ3n) is 5.01. The maximum atomic E-state index is 12.4. The molecule has 1 unspecified atom stereocenters. The summed E-state index contributed by atoms with van der Waals surface area (Å²) in [5, 5.41) is 15.9. The van der Waals surface area contributed by atoms with Gasteiger partial charge in [-0.3, -0.25) is 14.9 Å². The summed E-state index contributed by atoms with van der Waals surface area (Å²) < 4.78 is 0. The van der Waals surface area contributed by atoms with Gasteiger partial charge in [-0.25, -0.2) is 4.79 Å². The molecule has 4 amide bonds. The summed E-state index contributed by atoms with van der Waals surface area (Å²) in [6.07, 6.45) is 4.06. The van der Waals surface area contributed by atoms with Gasteiger partial charge in [0.15, 0.2) is 5.69 Å². The number of hydrogen-bond acceptors (Lipinski definition) is 5. The number of aromatic nitrogens is 3. The van der Waals surface area contributed by atoms with Gasteiger partial charge in [-0.2, -0.15) is 9.90 Å². The predicted molar refractivity (Wildman–Crippen MR) is 90.4 cm³/mol. The Hall–Kier alpha value is -3.23. The number of rotatable bonds is 5. The molecule has 2 fully saturated rings. The van der Waals surface area contributed by atoms with Crippen LogP contribution in [0.3, 0.4) is 0 Å². The Morgan fingerprint density at radius 3 is 2.65 bits per heavy atom. The Labute approximate surface area is 149 Å². The molecule has 4 rings (SSSR count). The normalized spacial score (nSPS) is 22.5. The Morgan fingerprint density at radius 2 is 2.04 bits per heavy atom. The van der Waals surface area contributed by atoms with Gasteiger partial charge in [-0.15, -0.1) is 5.10 Å². The number of nitrogens with zero attached hydrogens (tertiary/aromatic N) is 3. The number of carbonyl (C=O) groups is 3. The molecule has 0 spiro atoms. The number of benzene rings is 1. The highest BCUT2D eigenvalue weighted by Crippen LogP contribution is 2.37. The lowest BCUT2D eigenvalue weighted by atomic mass is 9.70. The van der Waals surface area contributed by atoms with E-state index < -0.39 is 17.5 Å². The fourth-order valence-electron chi connectivity index (χ4n) is 3.33. The van der Waals surface area contributed by atoms with Crippen LogP contribution in [0.1, 0.15) is 29.8 Å². The van der Waals surface area contributed by atoms with Crippen LogP contribution in [0.15, 0.2) is 36.5 Å². The van der Waals surface area contributed by atoms with Gasteiger partial charge in [0.1, 0.15) is 5.54 Å². The fourth-order valence-corrected chi connectivity index (χ4v) is 3.33. The number of imide groups is 1. The highest BCUT2D eigenvalue weighted by atomic mass is 16.2. The minimum absolute atomic E-state index is 0.0201. The van der Waals surface area contributed by atoms with Crippen LogP contribution < -0.4 is 16.0 Å². The number of urea groups is 1. The van der Waals surface area contributed by atoms with Crippen LogP contribution >= 0.6 is 0 Å². The molecule has 2 heterocycles. The van der Waals surface area contributed by atoms with Crippen molar-refractivity contribution in [2.45, 2.75) is 24.8 Å². The van der Waals surface area contributed by atoms with Crippen molar-refractivity contribution in [3.8, 4) is 5.69 Å². The number of hydrogen-bond donors (Lipinski definition) is 3. The Kier molecular flexibility index (Phi) is 3.90. The van der Waals surface area contributed by atoms with E-state index in [4.69, 9.17) is 0 Å². The first-order valence-electron chi connectivity index (χ1n) is 8.48. The summed E-state index contributed by atoms with van der Waals surface area (Å²) in [7, 11) is 0. The smallest absolute Gasteiger partial charge is 0.322 e. The van der Waals surface area contributed by atoms with Crippen LogP contribution in [0.25, 0.3) is 5.69 Å². The summed E-state index contributed by atoms with van der Waals surface area (Å²) >= 11 is 0. The van der Waals surface area contributed by atoms with Crippen LogP contribution in [0.5, 0.6) is 0 Å². The number of carbonyl (C=O) groups excluding carboxylic acids is 3. The van der Waals surface area contributed by atoms with E-state index in [0.717, 1.165) is 24.9 Å². The first-order valence-corrected chi connectivity index (χ1v) is 8.48. The van der Waals surface area contributed by atoms with Gasteiger partial charge >= 0.3 is 6.03 Å². The Morgan fingerprint density at radius 1 is 1.27 bits per heavy atom. The lowest BCUT2D eigenvalue weighted by molar-refractivity contribution is -0.126. The highest BCUT2D eigenvalue weighted by molar-refractivity contribution is 6.08. The number of para-hydroxylation sites is 1. The van der Waals surface area contributed by atoms with Crippen LogP contribution in [0.2, 0.25) is 0 Å². The molecular weight excluding hydrogens is 336 g/mol. The summed E-state index contributed by atoms with van der Waals surface area (Å²) in [6.45, 7) is 0.0201. The van der Waals surface area contributed by atoms with Gasteiger partial charge in [0.05, 0.1) is 18.4 Å². The summed E-state index contributed by atoms with van der Waals surface area (Å²) in [6, 6.07) is 8.70. The molecule has 1 aliphatic heterocycles. The van der Waals surface area contributed by atoms with E-state index in [1.54, 1.807) is 0 Å². The second-order valence-corrected chi connectivity index (χ2v) is 6.54. The maximum Gasteiger partial charge on any atom is 0.322 e. The molecule has 1 aromatic heterocycles. The average Bonchev–Trinajstić information content (AvgIpc) is 3.18. The molecule has 3 N–H and O–H groups in total. The van der Waals surface area contributed by atoms with E-state index in [2.05, 4.69) is 26.1 Å². The molecule has 2 aliphatic rings. The molecule has 1 atom stereocenters. The maximum absolute atomic E-state index is 12.4. The molecule has 0 bridgehead atoms. The Balaban J connectivity index is 1.47. The minimum Gasteiger partial charge on any atom is -0.348 e. The molecule has 9 nitrogen and oxygen atoms in total. The third-order valence-corrected chi connectivity index (χ3v) is 5.01. The van der Waals surface area contributed by atoms with Gasteiger partial charge in [0, 0.05) is 0 Å². The first kappa shape index (κ1) is 16.2. The lowest BCUT2D eigenvalue weighted by Crippen LogP contribution is -2.61. The predicted octanol–water partition coefficient (Wildman–Crippen LogP) is 0.375. The average molecular weight is 354 g/mol. The SMILES string of the molecule is O=C1NC(=O)C(CNC(=O)c2cnn(-c3ccccc3)n2)(C2CCC2)N1. The van der Waals surface area contributed by atoms with Crippen molar-refractivity contribution in [2.24, 2.45) is 5.92 Å². The van der Waals surface area contributed by atoms with Gasteiger partial charge in [0.25, 0.3) is 11.8 Å². The minimum atomic E-state index is -1.08. The second kappa shape index (κ2) is 6.25. The molecule has 1 aliphatic carbocycles. The zero-order chi connectivity index (χ0) is 18.1. The third kappa shape index (κ3) is 2.71. The van der Waals surface area contributed by atoms with Crippen molar-refractivity contribution in [3.63, 3.8) is 0 Å². The van der Waals surface area contributed by atoms with E-state index in [0.29, 0.717) is 0 Å². The highest BCUT2D eigenvalue weighted by Gasteiger charge is 2.53. The molecule has 1 saturated carbocycles. The van der Waals surface area contributed by atoms with Crippen LogP contribution in [0, 0.1) is 5.92 Å². The van der Waals surface area contributed by atoms with E-state index in [-0.39, 0.29) is 24.1 Å². The van der Waals surface area contributed by atoms with Crippen LogP contribution in [-0.4, -0.2) is 44.9 Å². The molecule has 9 heteroatoms. The Bertz CT molecular complexity index is 860. The van der Waals surface area contributed by atoms with E-state index >= 15 is 0 Å². The van der Waals surface area contributed by atoms with Crippen molar-refractivity contribution in [3.05, 3.63) is 42.2 Å². The van der Waals surface area contributed by atoms with E-state index in [9.17, 15) is 14.4 Å². The van der Waals surface area contributed by atoms with Gasteiger partial charge in [0.2, 0.25) is 0 Å². The first-order chi connectivity index (χ1) is 12.6. The quantitative estimate of drug-likeness (QED) is 0.671. The van der Waals surface area contributed by atoms with Gasteiger partial charge < -0.3 is 10.6 Å². The van der Waals surface area contributed by atoms with E-state index in [1.165, 1.54) is 11.0 Å². The van der Waals surface area contributed by atoms with Crippen molar-refractivity contribution in [1.29, 1.82) is 0 Å². The monoisotopic (exact) mass is 354 g/mol. The number of amides is 4. The summed E-state index contributed by atoms with van der Waals surface area (Å²) in [5.41, 5.74) is -0.206. The van der Waals surface area contributed by atoms with E-state index in [1.807, 2.05) is 30.3 Å². The fraction of sp³-hybridized carbons (Fsp3) is 0.353. The van der Waals surface area contributed by atoms with Crippen molar-refractivity contribution in [1.82, 2.24) is 30.9 Å². The summed E-state index contributed by atoms with van der Waals surface area (Å²) in [5.74, 6) is -0.811. The van der Waals surface area contributed by atoms with Crippen molar-refractivity contribution >= 4 is 17.8 Å². The van der Waals surface area contributed by atoms with Crippen molar-refractivity contribution in [2.75, 3.05) is 6.54 Å². The molecule has 26 heavy (non-hydrogen) atoms. The number of nitrogens with one attached hydrogen (secondary N) is 3. The van der Waals surface area contributed by atoms with Gasteiger partial charge in [-0.05, 0) is 30.9 Å². The topological polar surface area (TPSA) is 118 Å². The van der Waals surface area contributed by atoms with Crippen LogP contribution in [-0.2, 0) is 4.79 Å². The summed E-state index contributed by atoms with van der Waals surface area (Å²) in [4.78, 5) is 37.7. The molecule has 134 valence electrons. The standard InChI is InChI=1S/C17H18N6O3/c24-14(13-9-19-23(22-13)12-7-2-1-3-8-12)18-10-17(11-5-4-6-11)15(25)20-16(26)21-17/h1-3,7-9,11H,4-6,10H2,(H,18,24)(H2,20,21,25,26). The molecule has 1 saturated heterocycles. The molecule has 2 aromatic rings. The zero-order valence-corrected chi connectivity index (χ0v) is 13.9. The molecular formula is C17H18N6O3.